The Bertz CT molecular complexity index is 1840. The van der Waals surface area contributed by atoms with E-state index in [-0.39, 0.29) is 23.1 Å². The molecule has 9 heteroatoms. The van der Waals surface area contributed by atoms with Crippen LogP contribution in [0.2, 0.25) is 0 Å². The number of hydrogen-bond donors (Lipinski definition) is 2. The van der Waals surface area contributed by atoms with E-state index < -0.39 is 5.82 Å². The van der Waals surface area contributed by atoms with Gasteiger partial charge < -0.3 is 19.3 Å². The van der Waals surface area contributed by atoms with E-state index in [0.29, 0.717) is 29.4 Å². The smallest absolute Gasteiger partial charge is 0.222 e. The molecule has 200 valence electrons. The highest BCUT2D eigenvalue weighted by atomic mass is 19.1. The molecule has 0 fully saturated rings. The van der Waals surface area contributed by atoms with Crippen molar-refractivity contribution < 1.29 is 14.6 Å². The molecule has 0 bridgehead atoms. The van der Waals surface area contributed by atoms with Gasteiger partial charge in [0.15, 0.2) is 11.4 Å². The van der Waals surface area contributed by atoms with Crippen LogP contribution in [-0.2, 0) is 13.1 Å². The average molecular weight is 537 g/mol. The van der Waals surface area contributed by atoms with Gasteiger partial charge in [-0.2, -0.15) is 0 Å². The fourth-order valence-electron chi connectivity index (χ4n) is 4.83. The maximum Gasteiger partial charge on any atom is 0.222 e. The predicted molar refractivity (Wildman–Crippen MR) is 154 cm³/mol. The van der Waals surface area contributed by atoms with E-state index in [0.717, 1.165) is 22.2 Å². The first-order chi connectivity index (χ1) is 19.4. The zero-order chi connectivity index (χ0) is 28.2. The molecule has 0 radical (unpaired) electrons. The summed E-state index contributed by atoms with van der Waals surface area (Å²) in [4.78, 5) is 21.8. The third kappa shape index (κ3) is 5.04. The first-order valence-corrected chi connectivity index (χ1v) is 12.5. The molecule has 0 aliphatic heterocycles. The summed E-state index contributed by atoms with van der Waals surface area (Å²) in [5.74, 6) is -0.799. The minimum atomic E-state index is -0.472. The molecule has 0 saturated carbocycles. The number of hydrogen-bond acceptors (Lipinski definition) is 6. The SMILES string of the molecule is Cc1cccc(Cn2c(O)c(N=O)c3cc(F)ccc32)c1.O=Nc1c(O)n(Cc2ccccc2)c2ccccc12. The molecule has 40 heavy (non-hydrogen) atoms. The third-order valence-electron chi connectivity index (χ3n) is 6.68. The number of para-hydroxylation sites is 1. The van der Waals surface area contributed by atoms with E-state index >= 15 is 0 Å². The lowest BCUT2D eigenvalue weighted by Crippen LogP contribution is -1.99. The Morgan fingerprint density at radius 2 is 1.23 bits per heavy atom. The zero-order valence-corrected chi connectivity index (χ0v) is 21.5. The number of benzene rings is 4. The molecule has 2 aromatic heterocycles. The normalized spacial score (nSPS) is 10.8. The van der Waals surface area contributed by atoms with E-state index in [1.165, 1.54) is 18.2 Å². The second-order valence-electron chi connectivity index (χ2n) is 9.35. The summed E-state index contributed by atoms with van der Waals surface area (Å²) < 4.78 is 16.6. The van der Waals surface area contributed by atoms with Gasteiger partial charge in [-0.25, -0.2) is 4.39 Å². The first kappa shape index (κ1) is 26.3. The molecule has 0 saturated heterocycles. The van der Waals surface area contributed by atoms with Crippen molar-refractivity contribution in [3.8, 4) is 11.8 Å². The van der Waals surface area contributed by atoms with Gasteiger partial charge >= 0.3 is 0 Å². The molecule has 0 aliphatic rings. The quantitative estimate of drug-likeness (QED) is 0.210. The third-order valence-corrected chi connectivity index (χ3v) is 6.68. The predicted octanol–water partition coefficient (Wildman–Crippen LogP) is 8.03. The van der Waals surface area contributed by atoms with Crippen LogP contribution >= 0.6 is 0 Å². The van der Waals surface area contributed by atoms with Crippen molar-refractivity contribution in [1.29, 1.82) is 0 Å². The molecular weight excluding hydrogens is 511 g/mol. The van der Waals surface area contributed by atoms with Crippen molar-refractivity contribution in [3.63, 3.8) is 0 Å². The van der Waals surface area contributed by atoms with E-state index in [2.05, 4.69) is 10.4 Å². The van der Waals surface area contributed by atoms with Gasteiger partial charge in [-0.15, -0.1) is 9.81 Å². The number of aromatic nitrogens is 2. The summed E-state index contributed by atoms with van der Waals surface area (Å²) in [7, 11) is 0. The van der Waals surface area contributed by atoms with Gasteiger partial charge in [0.25, 0.3) is 0 Å². The number of aryl methyl sites for hydroxylation is 1. The van der Waals surface area contributed by atoms with Crippen LogP contribution in [0.1, 0.15) is 16.7 Å². The number of aromatic hydroxyl groups is 2. The highest BCUT2D eigenvalue weighted by Gasteiger charge is 2.19. The van der Waals surface area contributed by atoms with Crippen molar-refractivity contribution >= 4 is 33.2 Å². The fourth-order valence-corrected chi connectivity index (χ4v) is 4.83. The summed E-state index contributed by atoms with van der Waals surface area (Å²) in [6.07, 6.45) is 0. The minimum absolute atomic E-state index is 0.0833. The Labute approximate surface area is 228 Å². The molecule has 2 N–H and O–H groups in total. The maximum atomic E-state index is 13.3. The van der Waals surface area contributed by atoms with Crippen LogP contribution in [-0.4, -0.2) is 19.3 Å². The number of fused-ring (bicyclic) bond motifs is 2. The van der Waals surface area contributed by atoms with Crippen LogP contribution in [0.5, 0.6) is 11.8 Å². The Morgan fingerprint density at radius 1 is 0.650 bits per heavy atom. The van der Waals surface area contributed by atoms with Gasteiger partial charge in [-0.3, -0.25) is 0 Å². The van der Waals surface area contributed by atoms with Crippen molar-refractivity contribution in [2.24, 2.45) is 10.4 Å². The first-order valence-electron chi connectivity index (χ1n) is 12.5. The molecule has 0 atom stereocenters. The molecule has 6 rings (SSSR count). The summed E-state index contributed by atoms with van der Waals surface area (Å²) in [5.41, 5.74) is 4.48. The van der Waals surface area contributed by atoms with Crippen LogP contribution in [0.25, 0.3) is 21.8 Å². The van der Waals surface area contributed by atoms with Crippen molar-refractivity contribution in [2.75, 3.05) is 0 Å². The number of nitroso groups, excluding NO2 is 2. The number of halogens is 1. The summed E-state index contributed by atoms with van der Waals surface area (Å²) >= 11 is 0. The zero-order valence-electron chi connectivity index (χ0n) is 21.5. The maximum absolute atomic E-state index is 13.3. The molecule has 0 unspecified atom stereocenters. The topological polar surface area (TPSA) is 109 Å². The molecule has 6 aromatic rings. The molecule has 0 amide bonds. The minimum Gasteiger partial charge on any atom is -0.493 e. The largest absolute Gasteiger partial charge is 0.493 e. The monoisotopic (exact) mass is 536 g/mol. The number of nitrogens with zero attached hydrogens (tertiary/aromatic N) is 4. The molecular formula is C31H25FN4O4. The highest BCUT2D eigenvalue weighted by molar-refractivity contribution is 5.96. The fraction of sp³-hybridized carbons (Fsp3) is 0.0968. The van der Waals surface area contributed by atoms with Crippen LogP contribution in [0.3, 0.4) is 0 Å². The van der Waals surface area contributed by atoms with Crippen molar-refractivity contribution in [2.45, 2.75) is 20.0 Å². The van der Waals surface area contributed by atoms with Crippen molar-refractivity contribution in [3.05, 3.63) is 129 Å². The second-order valence-corrected chi connectivity index (χ2v) is 9.35. The molecule has 0 spiro atoms. The van der Waals surface area contributed by atoms with E-state index in [1.807, 2.05) is 79.7 Å². The van der Waals surface area contributed by atoms with Gasteiger partial charge in [-0.1, -0.05) is 78.4 Å². The lowest BCUT2D eigenvalue weighted by Gasteiger charge is -2.08. The van der Waals surface area contributed by atoms with Crippen LogP contribution < -0.4 is 0 Å². The Hall–Kier alpha value is -5.31. The summed E-state index contributed by atoms with van der Waals surface area (Å²) in [6, 6.07) is 29.0. The summed E-state index contributed by atoms with van der Waals surface area (Å²) in [6.45, 7) is 2.86. The van der Waals surface area contributed by atoms with E-state index in [4.69, 9.17) is 0 Å². The Balaban J connectivity index is 0.000000162. The molecule has 2 heterocycles. The van der Waals surface area contributed by atoms with E-state index in [9.17, 15) is 24.4 Å². The summed E-state index contributed by atoms with van der Waals surface area (Å²) in [5, 5.41) is 27.1. The standard InChI is InChI=1S/C16H13FN2O2.C15H12N2O2/c1-10-3-2-4-11(7-10)9-19-14-6-5-12(17)8-13(14)15(18-21)16(19)20;18-15-14(16-19)12-8-4-5-9-13(12)17(15)10-11-6-2-1-3-7-11/h2-8,20H,9H2,1H3;1-9,18H,10H2. The van der Waals surface area contributed by atoms with E-state index in [1.54, 1.807) is 15.2 Å². The van der Waals surface area contributed by atoms with Gasteiger partial charge in [0.1, 0.15) is 5.82 Å². The van der Waals surface area contributed by atoms with Gasteiger partial charge in [-0.05, 0) is 52.7 Å². The molecule has 0 aliphatic carbocycles. The molecule has 4 aromatic carbocycles. The molecule has 8 nitrogen and oxygen atoms in total. The van der Waals surface area contributed by atoms with Gasteiger partial charge in [0.05, 0.1) is 24.1 Å². The Kier molecular flexibility index (Phi) is 7.37. The van der Waals surface area contributed by atoms with Gasteiger partial charge in [0.2, 0.25) is 11.8 Å². The van der Waals surface area contributed by atoms with Crippen LogP contribution in [0, 0.1) is 22.6 Å². The highest BCUT2D eigenvalue weighted by Crippen LogP contribution is 2.40. The van der Waals surface area contributed by atoms with Crippen LogP contribution in [0.4, 0.5) is 15.8 Å². The number of rotatable bonds is 6. The van der Waals surface area contributed by atoms with Crippen molar-refractivity contribution in [1.82, 2.24) is 9.13 Å². The van der Waals surface area contributed by atoms with Crippen LogP contribution in [0.15, 0.2) is 107 Å². The Morgan fingerprint density at radius 3 is 1.90 bits per heavy atom. The van der Waals surface area contributed by atoms with Gasteiger partial charge in [0, 0.05) is 10.8 Å². The second kappa shape index (κ2) is 11.2. The average Bonchev–Trinajstić information content (AvgIpc) is 3.38. The lowest BCUT2D eigenvalue weighted by atomic mass is 10.1. The lowest BCUT2D eigenvalue weighted by molar-refractivity contribution is 0.429.